The number of esters is 2. The molecule has 6 nitrogen and oxygen atoms in total. The van der Waals surface area contributed by atoms with Crippen LogP contribution in [-0.2, 0) is 23.9 Å². The summed E-state index contributed by atoms with van der Waals surface area (Å²) in [5, 5.41) is 9.85. The lowest BCUT2D eigenvalue weighted by Crippen LogP contribution is -2.45. The van der Waals surface area contributed by atoms with Gasteiger partial charge in [0.1, 0.15) is 5.92 Å². The van der Waals surface area contributed by atoms with Crippen LogP contribution < -0.4 is 0 Å². The van der Waals surface area contributed by atoms with Crippen molar-refractivity contribution in [2.45, 2.75) is 12.0 Å². The molecular formula is C10H12O6. The molecule has 0 fully saturated rings. The normalized spacial score (nSPS) is 28.7. The second-order valence-corrected chi connectivity index (χ2v) is 3.43. The number of rotatable bonds is 2. The van der Waals surface area contributed by atoms with Crippen LogP contribution in [0.3, 0.4) is 0 Å². The van der Waals surface area contributed by atoms with Crippen LogP contribution in [0.25, 0.3) is 0 Å². The predicted molar refractivity (Wildman–Crippen MR) is 51.2 cm³/mol. The lowest BCUT2D eigenvalue weighted by atomic mass is 9.82. The van der Waals surface area contributed by atoms with E-state index in [0.717, 1.165) is 26.4 Å². The zero-order valence-corrected chi connectivity index (χ0v) is 8.93. The van der Waals surface area contributed by atoms with E-state index in [-0.39, 0.29) is 6.42 Å². The predicted octanol–water partition coefficient (Wildman–Crippen LogP) is -0.791. The number of allylic oxidation sites excluding steroid dienone is 1. The minimum absolute atomic E-state index is 0.359. The first-order chi connectivity index (χ1) is 7.44. The first kappa shape index (κ1) is 12.4. The Morgan fingerprint density at radius 2 is 2.06 bits per heavy atom. The molecule has 2 atom stereocenters. The summed E-state index contributed by atoms with van der Waals surface area (Å²) < 4.78 is 8.80. The highest BCUT2D eigenvalue weighted by molar-refractivity contribution is 6.07. The van der Waals surface area contributed by atoms with Crippen LogP contribution in [0.15, 0.2) is 12.2 Å². The molecule has 0 aromatic heterocycles. The molecule has 1 rings (SSSR count). The van der Waals surface area contributed by atoms with Gasteiger partial charge in [-0.2, -0.15) is 0 Å². The first-order valence-electron chi connectivity index (χ1n) is 4.56. The maximum absolute atomic E-state index is 11.3. The van der Waals surface area contributed by atoms with Crippen molar-refractivity contribution in [1.82, 2.24) is 0 Å². The zero-order valence-electron chi connectivity index (χ0n) is 8.93. The van der Waals surface area contributed by atoms with Crippen molar-refractivity contribution in [3.05, 3.63) is 12.2 Å². The summed E-state index contributed by atoms with van der Waals surface area (Å²) in [5.74, 6) is -3.36. The fraction of sp³-hybridized carbons (Fsp3) is 0.500. The highest BCUT2D eigenvalue weighted by Crippen LogP contribution is 2.27. The van der Waals surface area contributed by atoms with Gasteiger partial charge in [0.15, 0.2) is 11.4 Å². The van der Waals surface area contributed by atoms with Gasteiger partial charge in [0, 0.05) is 6.42 Å². The largest absolute Gasteiger partial charge is 0.468 e. The van der Waals surface area contributed by atoms with Crippen molar-refractivity contribution < 1.29 is 29.0 Å². The number of ether oxygens (including phenoxy) is 2. The number of aliphatic hydroxyl groups is 1. The number of hydrogen-bond acceptors (Lipinski definition) is 6. The third kappa shape index (κ3) is 2.11. The van der Waals surface area contributed by atoms with E-state index in [4.69, 9.17) is 0 Å². The van der Waals surface area contributed by atoms with E-state index in [1.807, 2.05) is 0 Å². The van der Waals surface area contributed by atoms with Crippen LogP contribution in [0.2, 0.25) is 0 Å². The molecule has 0 spiro atoms. The Balaban J connectivity index is 2.97. The van der Waals surface area contributed by atoms with Crippen LogP contribution >= 0.6 is 0 Å². The summed E-state index contributed by atoms with van der Waals surface area (Å²) in [7, 11) is 2.24. The van der Waals surface area contributed by atoms with E-state index in [9.17, 15) is 19.5 Å². The standard InChI is InChI=1S/C10H12O6/c1-15-8(12)6-5-10(14,9(13)16-2)4-3-7(6)11/h3-4,6,14H,5H2,1-2H3. The van der Waals surface area contributed by atoms with Crippen LogP contribution in [0.5, 0.6) is 0 Å². The summed E-state index contributed by atoms with van der Waals surface area (Å²) in [6.45, 7) is 0. The second-order valence-electron chi connectivity index (χ2n) is 3.43. The lowest BCUT2D eigenvalue weighted by molar-refractivity contribution is -0.162. The highest BCUT2D eigenvalue weighted by Gasteiger charge is 2.45. The minimum Gasteiger partial charge on any atom is -0.468 e. The molecule has 1 N–H and O–H groups in total. The summed E-state index contributed by atoms with van der Waals surface area (Å²) in [4.78, 5) is 33.8. The molecule has 16 heavy (non-hydrogen) atoms. The minimum atomic E-state index is -1.94. The molecule has 0 aliphatic heterocycles. The Morgan fingerprint density at radius 1 is 1.44 bits per heavy atom. The number of methoxy groups -OCH3 is 2. The quantitative estimate of drug-likeness (QED) is 0.492. The topological polar surface area (TPSA) is 89.9 Å². The van der Waals surface area contributed by atoms with Crippen molar-refractivity contribution in [1.29, 1.82) is 0 Å². The van der Waals surface area contributed by atoms with Gasteiger partial charge in [0.2, 0.25) is 0 Å². The Hall–Kier alpha value is -1.69. The van der Waals surface area contributed by atoms with Gasteiger partial charge in [-0.1, -0.05) is 0 Å². The molecule has 0 bridgehead atoms. The Morgan fingerprint density at radius 3 is 2.56 bits per heavy atom. The molecule has 0 saturated heterocycles. The smallest absolute Gasteiger partial charge is 0.341 e. The second kappa shape index (κ2) is 4.44. The molecule has 0 saturated carbocycles. The van der Waals surface area contributed by atoms with Gasteiger partial charge in [-0.25, -0.2) is 4.79 Å². The molecule has 1 aliphatic carbocycles. The Labute approximate surface area is 91.8 Å². The van der Waals surface area contributed by atoms with Gasteiger partial charge in [0.05, 0.1) is 14.2 Å². The van der Waals surface area contributed by atoms with E-state index >= 15 is 0 Å². The maximum atomic E-state index is 11.3. The lowest BCUT2D eigenvalue weighted by Gasteiger charge is -2.27. The summed E-state index contributed by atoms with van der Waals surface area (Å²) in [6, 6.07) is 0. The fourth-order valence-electron chi connectivity index (χ4n) is 1.49. The molecule has 0 aromatic carbocycles. The SMILES string of the molecule is COC(=O)C1CC(O)(C(=O)OC)C=CC1=O. The van der Waals surface area contributed by atoms with Crippen LogP contribution in [0.4, 0.5) is 0 Å². The monoisotopic (exact) mass is 228 g/mol. The van der Waals surface area contributed by atoms with Crippen molar-refractivity contribution in [2.24, 2.45) is 5.92 Å². The van der Waals surface area contributed by atoms with Gasteiger partial charge in [0.25, 0.3) is 0 Å². The van der Waals surface area contributed by atoms with Crippen molar-refractivity contribution in [3.8, 4) is 0 Å². The van der Waals surface area contributed by atoms with E-state index in [2.05, 4.69) is 9.47 Å². The number of hydrogen-bond donors (Lipinski definition) is 1. The van der Waals surface area contributed by atoms with Crippen LogP contribution in [0.1, 0.15) is 6.42 Å². The maximum Gasteiger partial charge on any atom is 0.341 e. The van der Waals surface area contributed by atoms with Gasteiger partial charge >= 0.3 is 11.9 Å². The Bertz CT molecular complexity index is 358. The van der Waals surface area contributed by atoms with Gasteiger partial charge in [-0.15, -0.1) is 0 Å². The first-order valence-corrected chi connectivity index (χ1v) is 4.56. The average Bonchev–Trinajstić information content (AvgIpc) is 2.30. The van der Waals surface area contributed by atoms with Crippen molar-refractivity contribution in [3.63, 3.8) is 0 Å². The van der Waals surface area contributed by atoms with Gasteiger partial charge < -0.3 is 14.6 Å². The zero-order chi connectivity index (χ0) is 12.3. The molecule has 0 aromatic rings. The molecule has 0 heterocycles. The molecule has 0 radical (unpaired) electrons. The molecule has 0 amide bonds. The van der Waals surface area contributed by atoms with Crippen molar-refractivity contribution >= 4 is 17.7 Å². The summed E-state index contributed by atoms with van der Waals surface area (Å²) in [6.07, 6.45) is 1.66. The Kier molecular flexibility index (Phi) is 3.44. The van der Waals surface area contributed by atoms with Crippen LogP contribution in [0, 0.1) is 5.92 Å². The van der Waals surface area contributed by atoms with E-state index in [0.29, 0.717) is 0 Å². The van der Waals surface area contributed by atoms with E-state index in [1.54, 1.807) is 0 Å². The summed E-state index contributed by atoms with van der Waals surface area (Å²) in [5.41, 5.74) is -1.94. The van der Waals surface area contributed by atoms with Gasteiger partial charge in [-0.05, 0) is 12.2 Å². The highest BCUT2D eigenvalue weighted by atomic mass is 16.5. The van der Waals surface area contributed by atoms with E-state index in [1.165, 1.54) is 0 Å². The number of carbonyl (C=O) groups excluding carboxylic acids is 3. The van der Waals surface area contributed by atoms with Crippen molar-refractivity contribution in [2.75, 3.05) is 14.2 Å². The number of carbonyl (C=O) groups is 3. The third-order valence-corrected chi connectivity index (χ3v) is 2.41. The fourth-order valence-corrected chi connectivity index (χ4v) is 1.49. The van der Waals surface area contributed by atoms with Crippen LogP contribution in [-0.4, -0.2) is 42.6 Å². The van der Waals surface area contributed by atoms with Gasteiger partial charge in [-0.3, -0.25) is 9.59 Å². The third-order valence-electron chi connectivity index (χ3n) is 2.41. The molecule has 1 aliphatic rings. The molecule has 2 unspecified atom stereocenters. The molecular weight excluding hydrogens is 216 g/mol. The average molecular weight is 228 g/mol. The number of ketones is 1. The molecule has 6 heteroatoms. The van der Waals surface area contributed by atoms with E-state index < -0.39 is 29.2 Å². The molecule has 88 valence electrons. The summed E-state index contributed by atoms with van der Waals surface area (Å²) >= 11 is 0.